The summed E-state index contributed by atoms with van der Waals surface area (Å²) >= 11 is 0. The first kappa shape index (κ1) is 17.1. The average Bonchev–Trinajstić information content (AvgIpc) is 2.60. The fourth-order valence-corrected chi connectivity index (χ4v) is 1.85. The molecular formula is C18H18N2O4. The van der Waals surface area contributed by atoms with Crippen LogP contribution in [0.2, 0.25) is 0 Å². The molecule has 124 valence electrons. The number of nitrogens with one attached hydrogen (secondary N) is 2. The summed E-state index contributed by atoms with van der Waals surface area (Å²) < 4.78 is 4.95. The van der Waals surface area contributed by atoms with Gasteiger partial charge in [-0.1, -0.05) is 18.2 Å². The minimum Gasteiger partial charge on any atom is -0.508 e. The Morgan fingerprint density at radius 3 is 2.38 bits per heavy atom. The zero-order valence-electron chi connectivity index (χ0n) is 13.2. The fourth-order valence-electron chi connectivity index (χ4n) is 1.85. The Labute approximate surface area is 139 Å². The Kier molecular flexibility index (Phi) is 5.96. The van der Waals surface area contributed by atoms with Crippen LogP contribution in [-0.2, 0) is 9.53 Å². The lowest BCUT2D eigenvalue weighted by Gasteiger charge is -2.10. The molecule has 0 atom stereocenters. The largest absolute Gasteiger partial charge is 0.508 e. The number of esters is 1. The highest BCUT2D eigenvalue weighted by atomic mass is 16.5. The molecule has 6 heteroatoms. The van der Waals surface area contributed by atoms with Gasteiger partial charge in [0.2, 0.25) is 0 Å². The Morgan fingerprint density at radius 2 is 1.75 bits per heavy atom. The third-order valence-corrected chi connectivity index (χ3v) is 3.03. The Morgan fingerprint density at radius 1 is 1.08 bits per heavy atom. The van der Waals surface area contributed by atoms with E-state index in [2.05, 4.69) is 10.6 Å². The molecule has 0 radical (unpaired) electrons. The number of hydrogen-bond donors (Lipinski definition) is 3. The minimum absolute atomic E-state index is 0.0150. The lowest BCUT2D eigenvalue weighted by Crippen LogP contribution is -2.29. The summed E-state index contributed by atoms with van der Waals surface area (Å²) in [5, 5.41) is 14.7. The van der Waals surface area contributed by atoms with Crippen molar-refractivity contribution in [2.45, 2.75) is 6.92 Å². The molecule has 2 aromatic carbocycles. The summed E-state index contributed by atoms with van der Waals surface area (Å²) in [7, 11) is 0. The molecule has 3 N–H and O–H groups in total. The van der Waals surface area contributed by atoms with Crippen molar-refractivity contribution in [2.24, 2.45) is 0 Å². The van der Waals surface area contributed by atoms with Crippen LogP contribution in [0.4, 0.5) is 5.69 Å². The van der Waals surface area contributed by atoms with E-state index in [4.69, 9.17) is 4.74 Å². The van der Waals surface area contributed by atoms with Gasteiger partial charge in [-0.15, -0.1) is 0 Å². The number of aromatic hydroxyl groups is 1. The van der Waals surface area contributed by atoms with Crippen LogP contribution in [0.3, 0.4) is 0 Å². The van der Waals surface area contributed by atoms with Crippen LogP contribution >= 0.6 is 0 Å². The van der Waals surface area contributed by atoms with Gasteiger partial charge in [-0.2, -0.15) is 0 Å². The first-order valence-electron chi connectivity index (χ1n) is 7.39. The first-order chi connectivity index (χ1) is 11.6. The summed E-state index contributed by atoms with van der Waals surface area (Å²) in [5.41, 5.74) is 1.06. The van der Waals surface area contributed by atoms with E-state index in [1.54, 1.807) is 49.4 Å². The molecule has 6 nitrogen and oxygen atoms in total. The number of carbonyl (C=O) groups excluding carboxylic acids is 2. The number of benzene rings is 2. The van der Waals surface area contributed by atoms with Crippen LogP contribution in [0.25, 0.3) is 0 Å². The fraction of sp³-hybridized carbons (Fsp3) is 0.111. The van der Waals surface area contributed by atoms with Crippen LogP contribution in [0.15, 0.2) is 66.5 Å². The summed E-state index contributed by atoms with van der Waals surface area (Å²) in [4.78, 5) is 24.2. The maximum Gasteiger partial charge on any atom is 0.356 e. The molecule has 0 aliphatic heterocycles. The third kappa shape index (κ3) is 4.88. The number of rotatable bonds is 6. The molecular weight excluding hydrogens is 308 g/mol. The van der Waals surface area contributed by atoms with Gasteiger partial charge < -0.3 is 20.5 Å². The van der Waals surface area contributed by atoms with E-state index in [-0.39, 0.29) is 18.1 Å². The lowest BCUT2D eigenvalue weighted by molar-refractivity contribution is -0.138. The summed E-state index contributed by atoms with van der Waals surface area (Å²) in [6.45, 7) is 1.87. The van der Waals surface area contributed by atoms with Gasteiger partial charge in [0.15, 0.2) is 0 Å². The summed E-state index contributed by atoms with van der Waals surface area (Å²) in [6, 6.07) is 14.8. The second-order valence-corrected chi connectivity index (χ2v) is 4.79. The van der Waals surface area contributed by atoms with Gasteiger partial charge in [0.1, 0.15) is 11.4 Å². The number of amides is 1. The van der Waals surface area contributed by atoms with Crippen LogP contribution in [0.1, 0.15) is 17.3 Å². The molecule has 0 aliphatic rings. The van der Waals surface area contributed by atoms with Crippen molar-refractivity contribution in [3.05, 3.63) is 72.1 Å². The quantitative estimate of drug-likeness (QED) is 0.431. The molecule has 2 aromatic rings. The van der Waals surface area contributed by atoms with Gasteiger partial charge in [-0.25, -0.2) is 4.79 Å². The van der Waals surface area contributed by atoms with E-state index >= 15 is 0 Å². The normalized spacial score (nSPS) is 10.8. The topological polar surface area (TPSA) is 87.7 Å². The highest BCUT2D eigenvalue weighted by Gasteiger charge is 2.15. The standard InChI is InChI=1S/C18H18N2O4/c1-2-24-18(23)16(12-19-14-8-10-15(21)11-9-14)20-17(22)13-6-4-3-5-7-13/h3-12,19,21H,2H2,1H3,(H,20,22). The maximum atomic E-state index is 12.2. The molecule has 2 rings (SSSR count). The predicted octanol–water partition coefficient (Wildman–Crippen LogP) is 2.64. The molecule has 0 bridgehead atoms. The van der Waals surface area contributed by atoms with Crippen LogP contribution in [-0.4, -0.2) is 23.6 Å². The van der Waals surface area contributed by atoms with Crippen LogP contribution < -0.4 is 10.6 Å². The van der Waals surface area contributed by atoms with Gasteiger partial charge in [0.05, 0.1) is 6.61 Å². The first-order valence-corrected chi connectivity index (χ1v) is 7.39. The van der Waals surface area contributed by atoms with Crippen molar-refractivity contribution >= 4 is 17.6 Å². The van der Waals surface area contributed by atoms with Crippen LogP contribution in [0.5, 0.6) is 5.75 Å². The molecule has 0 spiro atoms. The molecule has 0 saturated carbocycles. The van der Waals surface area contributed by atoms with E-state index in [0.717, 1.165) is 0 Å². The molecule has 0 heterocycles. The zero-order chi connectivity index (χ0) is 17.4. The predicted molar refractivity (Wildman–Crippen MR) is 90.4 cm³/mol. The highest BCUT2D eigenvalue weighted by Crippen LogP contribution is 2.14. The third-order valence-electron chi connectivity index (χ3n) is 3.03. The molecule has 0 unspecified atom stereocenters. The number of ether oxygens (including phenoxy) is 1. The second kappa shape index (κ2) is 8.38. The number of phenols is 1. The minimum atomic E-state index is -0.645. The molecule has 1 amide bonds. The zero-order valence-corrected chi connectivity index (χ0v) is 13.2. The van der Waals surface area contributed by atoms with Crippen LogP contribution in [0, 0.1) is 0 Å². The van der Waals surface area contributed by atoms with E-state index in [0.29, 0.717) is 11.3 Å². The highest BCUT2D eigenvalue weighted by molar-refractivity contribution is 6.01. The van der Waals surface area contributed by atoms with Gasteiger partial charge in [0.25, 0.3) is 5.91 Å². The van der Waals surface area contributed by atoms with E-state index < -0.39 is 11.9 Å². The average molecular weight is 326 g/mol. The van der Waals surface area contributed by atoms with Crippen molar-refractivity contribution < 1.29 is 19.4 Å². The van der Waals surface area contributed by atoms with Gasteiger partial charge >= 0.3 is 5.97 Å². The Balaban J connectivity index is 2.14. The Bertz CT molecular complexity index is 724. The molecule has 0 aromatic heterocycles. The number of anilines is 1. The molecule has 0 fully saturated rings. The maximum absolute atomic E-state index is 12.2. The second-order valence-electron chi connectivity index (χ2n) is 4.79. The molecule has 0 aliphatic carbocycles. The van der Waals surface area contributed by atoms with Gasteiger partial charge in [-0.05, 0) is 43.3 Å². The van der Waals surface area contributed by atoms with E-state index in [9.17, 15) is 14.7 Å². The summed E-state index contributed by atoms with van der Waals surface area (Å²) in [5.74, 6) is -0.928. The van der Waals surface area contributed by atoms with E-state index in [1.807, 2.05) is 0 Å². The van der Waals surface area contributed by atoms with Crippen molar-refractivity contribution in [2.75, 3.05) is 11.9 Å². The molecule has 0 saturated heterocycles. The number of carbonyl (C=O) groups is 2. The summed E-state index contributed by atoms with van der Waals surface area (Å²) in [6.07, 6.45) is 1.35. The van der Waals surface area contributed by atoms with E-state index in [1.165, 1.54) is 18.3 Å². The molecule has 24 heavy (non-hydrogen) atoms. The van der Waals surface area contributed by atoms with Crippen molar-refractivity contribution in [3.63, 3.8) is 0 Å². The van der Waals surface area contributed by atoms with Crippen molar-refractivity contribution in [3.8, 4) is 5.75 Å². The Hall–Kier alpha value is -3.28. The number of phenolic OH excluding ortho intramolecular Hbond substituents is 1. The smallest absolute Gasteiger partial charge is 0.356 e. The lowest BCUT2D eigenvalue weighted by atomic mass is 10.2. The van der Waals surface area contributed by atoms with Crippen molar-refractivity contribution in [1.29, 1.82) is 0 Å². The van der Waals surface area contributed by atoms with Gasteiger partial charge in [0, 0.05) is 17.5 Å². The van der Waals surface area contributed by atoms with Gasteiger partial charge in [-0.3, -0.25) is 4.79 Å². The monoisotopic (exact) mass is 326 g/mol. The SMILES string of the molecule is CCOC(=O)C(=CNc1ccc(O)cc1)NC(=O)c1ccccc1. The van der Waals surface area contributed by atoms with Crippen molar-refractivity contribution in [1.82, 2.24) is 5.32 Å². The number of hydrogen-bond acceptors (Lipinski definition) is 5.